The predicted octanol–water partition coefficient (Wildman–Crippen LogP) is 4.75. The Morgan fingerprint density at radius 2 is 1.77 bits per heavy atom. The van der Waals surface area contributed by atoms with Crippen LogP contribution in [0.15, 0.2) is 16.5 Å². The quantitative estimate of drug-likeness (QED) is 0.742. The van der Waals surface area contributed by atoms with Crippen molar-refractivity contribution in [2.24, 2.45) is 0 Å². The van der Waals surface area contributed by atoms with Crippen LogP contribution in [0, 0.1) is 27.7 Å². The number of benzene rings is 1. The summed E-state index contributed by atoms with van der Waals surface area (Å²) in [7, 11) is 0. The number of carbonyl (C=O) groups is 1. The van der Waals surface area contributed by atoms with Gasteiger partial charge in [-0.3, -0.25) is 4.79 Å². The van der Waals surface area contributed by atoms with Crippen LogP contribution in [0.1, 0.15) is 29.2 Å². The minimum Gasteiger partial charge on any atom is -0.435 e. The fraction of sp³-hybridized carbons (Fsp3) is 0.294. The van der Waals surface area contributed by atoms with Crippen LogP contribution in [0.3, 0.4) is 0 Å². The van der Waals surface area contributed by atoms with Gasteiger partial charge in [-0.1, -0.05) is 0 Å². The average molecular weight is 314 g/mol. The number of carbonyl (C=O) groups excluding carboxylic acids is 1. The van der Waals surface area contributed by atoms with Crippen molar-refractivity contribution in [3.63, 3.8) is 0 Å². The van der Waals surface area contributed by atoms with Gasteiger partial charge < -0.3 is 9.73 Å². The summed E-state index contributed by atoms with van der Waals surface area (Å²) in [5, 5.41) is 3.58. The third-order valence-corrected chi connectivity index (χ3v) is 5.12. The van der Waals surface area contributed by atoms with Crippen molar-refractivity contribution in [1.82, 2.24) is 4.98 Å². The molecule has 0 aliphatic carbocycles. The summed E-state index contributed by atoms with van der Waals surface area (Å²) in [6.45, 7) is 9.87. The van der Waals surface area contributed by atoms with E-state index in [4.69, 9.17) is 4.42 Å². The fourth-order valence-corrected chi connectivity index (χ4v) is 3.42. The van der Waals surface area contributed by atoms with Crippen LogP contribution in [-0.4, -0.2) is 10.9 Å². The minimum absolute atomic E-state index is 0.0797. The lowest BCUT2D eigenvalue weighted by atomic mass is 9.98. The number of oxazole rings is 1. The second-order valence-corrected chi connectivity index (χ2v) is 6.63. The second-order valence-electron chi connectivity index (χ2n) is 5.54. The Morgan fingerprint density at radius 1 is 1.09 bits per heavy atom. The molecule has 0 saturated heterocycles. The number of hydrogen-bond donors (Lipinski definition) is 1. The topological polar surface area (TPSA) is 55.1 Å². The number of aryl methyl sites for hydroxylation is 2. The molecule has 4 nitrogen and oxygen atoms in total. The predicted molar refractivity (Wildman–Crippen MR) is 90.6 cm³/mol. The fourth-order valence-electron chi connectivity index (χ4n) is 2.54. The van der Waals surface area contributed by atoms with Gasteiger partial charge in [0.15, 0.2) is 5.58 Å². The van der Waals surface area contributed by atoms with E-state index in [0.717, 1.165) is 32.1 Å². The summed E-state index contributed by atoms with van der Waals surface area (Å²) in [5.74, 6) is 0.525. The van der Waals surface area contributed by atoms with E-state index >= 15 is 0 Å². The maximum atomic E-state index is 11.1. The zero-order chi connectivity index (χ0) is 16.0. The highest BCUT2D eigenvalue weighted by molar-refractivity contribution is 7.19. The molecule has 1 amide bonds. The smallest absolute Gasteiger partial charge is 0.237 e. The van der Waals surface area contributed by atoms with Gasteiger partial charge >= 0.3 is 0 Å². The molecule has 0 unspecified atom stereocenters. The van der Waals surface area contributed by atoms with Gasteiger partial charge in [0, 0.05) is 6.92 Å². The van der Waals surface area contributed by atoms with Crippen LogP contribution < -0.4 is 5.32 Å². The standard InChI is InChI=1S/C17H18N2O2S/c1-8-9(2)11(4)16-15(10(8)3)19-17(21-16)13-6-7-14(22-13)18-12(5)20/h6-7H,1-5H3,(H,18,20). The molecule has 0 aliphatic rings. The van der Waals surface area contributed by atoms with E-state index in [9.17, 15) is 4.79 Å². The van der Waals surface area contributed by atoms with Crippen molar-refractivity contribution in [1.29, 1.82) is 0 Å². The maximum absolute atomic E-state index is 11.1. The first-order chi connectivity index (χ1) is 10.4. The number of nitrogens with one attached hydrogen (secondary N) is 1. The molecule has 5 heteroatoms. The van der Waals surface area contributed by atoms with Crippen molar-refractivity contribution in [3.05, 3.63) is 34.4 Å². The van der Waals surface area contributed by atoms with E-state index in [-0.39, 0.29) is 5.91 Å². The molecule has 2 heterocycles. The van der Waals surface area contributed by atoms with Gasteiger partial charge in [0.1, 0.15) is 5.52 Å². The number of nitrogens with zero attached hydrogens (tertiary/aromatic N) is 1. The van der Waals surface area contributed by atoms with Crippen molar-refractivity contribution >= 4 is 33.3 Å². The largest absolute Gasteiger partial charge is 0.435 e. The van der Waals surface area contributed by atoms with Gasteiger partial charge in [-0.15, -0.1) is 11.3 Å². The molecule has 3 rings (SSSR count). The van der Waals surface area contributed by atoms with E-state index in [1.165, 1.54) is 29.4 Å². The molecule has 1 N–H and O–H groups in total. The van der Waals surface area contributed by atoms with Crippen LogP contribution in [0.5, 0.6) is 0 Å². The summed E-state index contributed by atoms with van der Waals surface area (Å²) in [4.78, 5) is 16.7. The number of hydrogen-bond acceptors (Lipinski definition) is 4. The molecule has 0 fully saturated rings. The lowest BCUT2D eigenvalue weighted by Crippen LogP contribution is -2.03. The first-order valence-electron chi connectivity index (χ1n) is 7.13. The number of anilines is 1. The lowest BCUT2D eigenvalue weighted by Gasteiger charge is -2.07. The number of thiophene rings is 1. The van der Waals surface area contributed by atoms with Crippen molar-refractivity contribution in [2.45, 2.75) is 34.6 Å². The zero-order valence-corrected chi connectivity index (χ0v) is 14.1. The van der Waals surface area contributed by atoms with Crippen molar-refractivity contribution in [2.75, 3.05) is 5.32 Å². The number of aromatic nitrogens is 1. The first kappa shape index (κ1) is 14.8. The normalized spacial score (nSPS) is 11.1. The van der Waals surface area contributed by atoms with E-state index in [0.29, 0.717) is 5.89 Å². The van der Waals surface area contributed by atoms with Gasteiger partial charge in [-0.05, 0) is 62.1 Å². The third kappa shape index (κ3) is 2.31. The Kier molecular flexibility index (Phi) is 3.53. The molecule has 114 valence electrons. The van der Waals surface area contributed by atoms with Crippen molar-refractivity contribution < 1.29 is 9.21 Å². The van der Waals surface area contributed by atoms with E-state index in [1.54, 1.807) is 0 Å². The second kappa shape index (κ2) is 5.25. The Morgan fingerprint density at radius 3 is 2.45 bits per heavy atom. The van der Waals surface area contributed by atoms with E-state index in [2.05, 4.69) is 38.0 Å². The maximum Gasteiger partial charge on any atom is 0.237 e. The molecule has 0 bridgehead atoms. The van der Waals surface area contributed by atoms with Crippen LogP contribution in [0.25, 0.3) is 21.9 Å². The Bertz CT molecular complexity index is 845. The van der Waals surface area contributed by atoms with Gasteiger partial charge in [0.2, 0.25) is 11.8 Å². The van der Waals surface area contributed by atoms with Gasteiger partial charge in [0.05, 0.1) is 9.88 Å². The Balaban J connectivity index is 2.13. The average Bonchev–Trinajstić information content (AvgIpc) is 3.08. The molecule has 0 saturated carbocycles. The molecular weight excluding hydrogens is 296 g/mol. The number of amides is 1. The molecule has 0 radical (unpaired) electrons. The molecule has 0 spiro atoms. The van der Waals surface area contributed by atoms with Crippen LogP contribution in [0.4, 0.5) is 5.00 Å². The monoisotopic (exact) mass is 314 g/mol. The van der Waals surface area contributed by atoms with Gasteiger partial charge in [-0.25, -0.2) is 4.98 Å². The molecule has 0 aliphatic heterocycles. The highest BCUT2D eigenvalue weighted by atomic mass is 32.1. The van der Waals surface area contributed by atoms with Crippen LogP contribution in [0.2, 0.25) is 0 Å². The van der Waals surface area contributed by atoms with Crippen LogP contribution >= 0.6 is 11.3 Å². The summed E-state index contributed by atoms with van der Waals surface area (Å²) in [5.41, 5.74) is 6.57. The highest BCUT2D eigenvalue weighted by Gasteiger charge is 2.17. The zero-order valence-electron chi connectivity index (χ0n) is 13.3. The molecular formula is C17H18N2O2S. The van der Waals surface area contributed by atoms with E-state index in [1.807, 2.05) is 12.1 Å². The molecule has 3 aromatic rings. The molecule has 22 heavy (non-hydrogen) atoms. The number of fused-ring (bicyclic) bond motifs is 1. The number of rotatable bonds is 2. The van der Waals surface area contributed by atoms with Crippen LogP contribution in [-0.2, 0) is 4.79 Å². The minimum atomic E-state index is -0.0797. The van der Waals surface area contributed by atoms with E-state index < -0.39 is 0 Å². The Labute approximate surface area is 133 Å². The highest BCUT2D eigenvalue weighted by Crippen LogP contribution is 2.36. The first-order valence-corrected chi connectivity index (χ1v) is 7.95. The van der Waals surface area contributed by atoms with Gasteiger partial charge in [-0.2, -0.15) is 0 Å². The molecule has 0 atom stereocenters. The SMILES string of the molecule is CC(=O)Nc1ccc(-c2nc3c(C)c(C)c(C)c(C)c3o2)s1. The van der Waals surface area contributed by atoms with Crippen molar-refractivity contribution in [3.8, 4) is 10.8 Å². The lowest BCUT2D eigenvalue weighted by molar-refractivity contribution is -0.114. The third-order valence-electron chi connectivity index (χ3n) is 4.13. The summed E-state index contributed by atoms with van der Waals surface area (Å²) in [6.07, 6.45) is 0. The van der Waals surface area contributed by atoms with Gasteiger partial charge in [0.25, 0.3) is 0 Å². The summed E-state index contributed by atoms with van der Waals surface area (Å²) >= 11 is 1.46. The Hall–Kier alpha value is -2.14. The molecule has 1 aromatic carbocycles. The summed E-state index contributed by atoms with van der Waals surface area (Å²) < 4.78 is 6.01. The molecule has 2 aromatic heterocycles. The summed E-state index contributed by atoms with van der Waals surface area (Å²) in [6, 6.07) is 3.79.